The molecule has 6 nitrogen and oxygen atoms in total. The molecule has 0 radical (unpaired) electrons. The fraction of sp³-hybridized carbons (Fsp3) is 0.294. The second-order valence-corrected chi connectivity index (χ2v) is 5.65. The van der Waals surface area contributed by atoms with E-state index in [9.17, 15) is 9.59 Å². The molecule has 2 heterocycles. The zero-order valence-electron chi connectivity index (χ0n) is 13.0. The third-order valence-electron chi connectivity index (χ3n) is 4.23. The van der Waals surface area contributed by atoms with Gasteiger partial charge in [-0.05, 0) is 37.3 Å². The number of nitrogens with zero attached hydrogens (tertiary/aromatic N) is 2. The van der Waals surface area contributed by atoms with E-state index < -0.39 is 5.97 Å². The number of nitrogens with one attached hydrogen (secondary N) is 1. The van der Waals surface area contributed by atoms with Crippen LogP contribution >= 0.6 is 0 Å². The molecule has 1 aromatic carbocycles. The van der Waals surface area contributed by atoms with Gasteiger partial charge in [-0.1, -0.05) is 0 Å². The molecule has 0 spiro atoms. The van der Waals surface area contributed by atoms with Crippen molar-refractivity contribution < 1.29 is 14.7 Å². The third kappa shape index (κ3) is 3.06. The Morgan fingerprint density at radius 1 is 1.04 bits per heavy atom. The number of amides is 1. The standard InChI is InChI=1S/C17H19N3O3/c1-12-15(6-7-18-12)16(21)20-10-8-19(9-11-20)14-4-2-13(3-5-14)17(22)23/h2-7,18H,8-11H2,1H3,(H,22,23). The predicted octanol–water partition coefficient (Wildman–Crippen LogP) is 1.98. The lowest BCUT2D eigenvalue weighted by Gasteiger charge is -2.36. The predicted molar refractivity (Wildman–Crippen MR) is 87.0 cm³/mol. The number of aromatic amines is 1. The summed E-state index contributed by atoms with van der Waals surface area (Å²) in [7, 11) is 0. The number of carbonyl (C=O) groups excluding carboxylic acids is 1. The van der Waals surface area contributed by atoms with E-state index in [0.717, 1.165) is 30.0 Å². The fourth-order valence-electron chi connectivity index (χ4n) is 2.84. The first-order chi connectivity index (χ1) is 11.1. The number of H-pyrrole nitrogens is 1. The molecule has 0 saturated carbocycles. The number of carboxylic acid groups (broad SMARTS) is 1. The van der Waals surface area contributed by atoms with Gasteiger partial charge in [0.05, 0.1) is 11.1 Å². The molecule has 1 saturated heterocycles. The maximum atomic E-state index is 12.5. The van der Waals surface area contributed by atoms with E-state index in [2.05, 4.69) is 9.88 Å². The lowest BCUT2D eigenvalue weighted by atomic mass is 10.1. The molecule has 1 aromatic heterocycles. The molecule has 1 amide bonds. The van der Waals surface area contributed by atoms with E-state index in [1.54, 1.807) is 18.3 Å². The number of hydrogen-bond acceptors (Lipinski definition) is 3. The topological polar surface area (TPSA) is 76.6 Å². The SMILES string of the molecule is Cc1[nH]ccc1C(=O)N1CCN(c2ccc(C(=O)O)cc2)CC1. The maximum Gasteiger partial charge on any atom is 0.335 e. The quantitative estimate of drug-likeness (QED) is 0.908. The van der Waals surface area contributed by atoms with Crippen molar-refractivity contribution >= 4 is 17.6 Å². The van der Waals surface area contributed by atoms with Crippen molar-refractivity contribution in [3.63, 3.8) is 0 Å². The van der Waals surface area contributed by atoms with E-state index >= 15 is 0 Å². The Hall–Kier alpha value is -2.76. The molecule has 6 heteroatoms. The Morgan fingerprint density at radius 2 is 1.70 bits per heavy atom. The van der Waals surface area contributed by atoms with Crippen LogP contribution in [0.1, 0.15) is 26.4 Å². The Morgan fingerprint density at radius 3 is 2.22 bits per heavy atom. The molecule has 1 fully saturated rings. The van der Waals surface area contributed by atoms with Crippen molar-refractivity contribution in [1.82, 2.24) is 9.88 Å². The van der Waals surface area contributed by atoms with E-state index in [1.165, 1.54) is 0 Å². The number of aromatic nitrogens is 1. The first-order valence-corrected chi connectivity index (χ1v) is 7.58. The summed E-state index contributed by atoms with van der Waals surface area (Å²) in [5.74, 6) is -0.863. The van der Waals surface area contributed by atoms with Crippen LogP contribution in [0.2, 0.25) is 0 Å². The number of piperazine rings is 1. The number of rotatable bonds is 3. The average Bonchev–Trinajstić information content (AvgIpc) is 3.00. The third-order valence-corrected chi connectivity index (χ3v) is 4.23. The summed E-state index contributed by atoms with van der Waals surface area (Å²) in [4.78, 5) is 30.4. The van der Waals surface area contributed by atoms with E-state index in [0.29, 0.717) is 13.1 Å². The van der Waals surface area contributed by atoms with Gasteiger partial charge in [-0.25, -0.2) is 4.79 Å². The van der Waals surface area contributed by atoms with Gasteiger partial charge in [0.2, 0.25) is 0 Å². The van der Waals surface area contributed by atoms with Crippen LogP contribution in [-0.2, 0) is 0 Å². The van der Waals surface area contributed by atoms with Crippen molar-refractivity contribution in [3.05, 3.63) is 53.3 Å². The summed E-state index contributed by atoms with van der Waals surface area (Å²) in [5.41, 5.74) is 2.89. The van der Waals surface area contributed by atoms with Crippen LogP contribution in [-0.4, -0.2) is 53.0 Å². The number of aryl methyl sites for hydroxylation is 1. The summed E-state index contributed by atoms with van der Waals surface area (Å²) in [5, 5.41) is 8.93. The van der Waals surface area contributed by atoms with Crippen LogP contribution in [0.25, 0.3) is 0 Å². The molecule has 1 aliphatic rings. The van der Waals surface area contributed by atoms with Crippen molar-refractivity contribution in [2.75, 3.05) is 31.1 Å². The summed E-state index contributed by atoms with van der Waals surface area (Å²) >= 11 is 0. The zero-order valence-corrected chi connectivity index (χ0v) is 13.0. The monoisotopic (exact) mass is 313 g/mol. The highest BCUT2D eigenvalue weighted by atomic mass is 16.4. The van der Waals surface area contributed by atoms with Gasteiger partial charge >= 0.3 is 5.97 Å². The van der Waals surface area contributed by atoms with Crippen LogP contribution in [0.4, 0.5) is 5.69 Å². The van der Waals surface area contributed by atoms with Crippen LogP contribution in [0.3, 0.4) is 0 Å². The molecule has 0 bridgehead atoms. The van der Waals surface area contributed by atoms with Crippen molar-refractivity contribution in [2.45, 2.75) is 6.92 Å². The highest BCUT2D eigenvalue weighted by molar-refractivity contribution is 5.95. The summed E-state index contributed by atoms with van der Waals surface area (Å²) in [6, 6.07) is 8.67. The Balaban J connectivity index is 1.63. The zero-order chi connectivity index (χ0) is 16.4. The van der Waals surface area contributed by atoms with Crippen molar-refractivity contribution in [2.24, 2.45) is 0 Å². The molecule has 1 aliphatic heterocycles. The number of benzene rings is 1. The molecule has 2 aromatic rings. The molecule has 2 N–H and O–H groups in total. The van der Waals surface area contributed by atoms with E-state index in [-0.39, 0.29) is 11.5 Å². The van der Waals surface area contributed by atoms with Gasteiger partial charge in [0.25, 0.3) is 5.91 Å². The fourth-order valence-corrected chi connectivity index (χ4v) is 2.84. The highest BCUT2D eigenvalue weighted by Crippen LogP contribution is 2.19. The van der Waals surface area contributed by atoms with E-state index in [1.807, 2.05) is 30.0 Å². The summed E-state index contributed by atoms with van der Waals surface area (Å²) < 4.78 is 0. The lowest BCUT2D eigenvalue weighted by molar-refractivity contribution is 0.0695. The maximum absolute atomic E-state index is 12.5. The van der Waals surface area contributed by atoms with Crippen LogP contribution < -0.4 is 4.90 Å². The van der Waals surface area contributed by atoms with Gasteiger partial charge in [-0.15, -0.1) is 0 Å². The lowest BCUT2D eigenvalue weighted by Crippen LogP contribution is -2.48. The Labute approximate surface area is 134 Å². The second kappa shape index (κ2) is 6.16. The minimum Gasteiger partial charge on any atom is -0.478 e. The number of aromatic carboxylic acids is 1. The number of carbonyl (C=O) groups is 2. The van der Waals surface area contributed by atoms with Crippen molar-refractivity contribution in [1.29, 1.82) is 0 Å². The van der Waals surface area contributed by atoms with Gasteiger partial charge in [-0.3, -0.25) is 4.79 Å². The first-order valence-electron chi connectivity index (χ1n) is 7.58. The molecule has 3 rings (SSSR count). The molecular weight excluding hydrogens is 294 g/mol. The first kappa shape index (κ1) is 15.1. The molecule has 0 atom stereocenters. The molecular formula is C17H19N3O3. The van der Waals surface area contributed by atoms with Gasteiger partial charge in [0, 0.05) is 43.8 Å². The minimum atomic E-state index is -0.922. The normalized spacial score (nSPS) is 14.8. The Bertz CT molecular complexity index is 713. The molecule has 120 valence electrons. The average molecular weight is 313 g/mol. The largest absolute Gasteiger partial charge is 0.478 e. The van der Waals surface area contributed by atoms with E-state index in [4.69, 9.17) is 5.11 Å². The van der Waals surface area contributed by atoms with Gasteiger partial charge in [0.1, 0.15) is 0 Å². The second-order valence-electron chi connectivity index (χ2n) is 5.65. The molecule has 23 heavy (non-hydrogen) atoms. The smallest absolute Gasteiger partial charge is 0.335 e. The number of anilines is 1. The van der Waals surface area contributed by atoms with Crippen LogP contribution in [0.5, 0.6) is 0 Å². The summed E-state index contributed by atoms with van der Waals surface area (Å²) in [6.45, 7) is 4.69. The summed E-state index contributed by atoms with van der Waals surface area (Å²) in [6.07, 6.45) is 1.78. The highest BCUT2D eigenvalue weighted by Gasteiger charge is 2.23. The molecule has 0 aliphatic carbocycles. The van der Waals surface area contributed by atoms with Gasteiger partial charge in [0.15, 0.2) is 0 Å². The number of hydrogen-bond donors (Lipinski definition) is 2. The Kier molecular flexibility index (Phi) is 4.06. The van der Waals surface area contributed by atoms with Crippen LogP contribution in [0.15, 0.2) is 36.5 Å². The van der Waals surface area contributed by atoms with Crippen molar-refractivity contribution in [3.8, 4) is 0 Å². The minimum absolute atomic E-state index is 0.0598. The van der Waals surface area contributed by atoms with Gasteiger partial charge in [-0.2, -0.15) is 0 Å². The molecule has 0 unspecified atom stereocenters. The number of carboxylic acids is 1. The van der Waals surface area contributed by atoms with Crippen LogP contribution in [0, 0.1) is 6.92 Å². The van der Waals surface area contributed by atoms with Gasteiger partial charge < -0.3 is 19.9 Å².